The molecule has 2 atom stereocenters. The summed E-state index contributed by atoms with van der Waals surface area (Å²) in [6.07, 6.45) is 0.394. The molecule has 0 saturated carbocycles. The van der Waals surface area contributed by atoms with Gasteiger partial charge in [0.15, 0.2) is 0 Å². The van der Waals surface area contributed by atoms with E-state index in [2.05, 4.69) is 13.8 Å². The molecule has 1 saturated heterocycles. The lowest BCUT2D eigenvalue weighted by Crippen LogP contribution is -2.40. The second-order valence-electron chi connectivity index (χ2n) is 4.11. The highest BCUT2D eigenvalue weighted by Crippen LogP contribution is 2.52. The number of hydrogen-bond donors (Lipinski definition) is 1. The monoisotopic (exact) mass is 222 g/mol. The van der Waals surface area contributed by atoms with Crippen molar-refractivity contribution in [1.82, 2.24) is 0 Å². The third kappa shape index (κ3) is 2.78. The predicted octanol–water partition coefficient (Wildman–Crippen LogP) is 2.31. The van der Waals surface area contributed by atoms with Gasteiger partial charge in [0.1, 0.15) is 0 Å². The van der Waals surface area contributed by atoms with E-state index in [1.807, 2.05) is 24.6 Å². The first-order chi connectivity index (χ1) is 5.97. The van der Waals surface area contributed by atoms with Crippen LogP contribution in [0, 0.1) is 0 Å². The van der Waals surface area contributed by atoms with Gasteiger partial charge in [0, 0.05) is 4.75 Å². The quantitative estimate of drug-likeness (QED) is 0.742. The molecule has 0 aromatic rings. The Morgan fingerprint density at radius 2 is 2.08 bits per heavy atom. The highest BCUT2D eigenvalue weighted by atomic mass is 33.1. The second-order valence-corrected chi connectivity index (χ2v) is 7.20. The van der Waals surface area contributed by atoms with Crippen molar-refractivity contribution in [2.24, 2.45) is 0 Å². The molecule has 0 aliphatic carbocycles. The lowest BCUT2D eigenvalue weighted by Gasteiger charge is -2.29. The summed E-state index contributed by atoms with van der Waals surface area (Å²) in [7, 11) is 3.56. The molecule has 2 unspecified atom stereocenters. The highest BCUT2D eigenvalue weighted by Gasteiger charge is 2.44. The molecule has 4 heteroatoms. The molecule has 0 aromatic heterocycles. The normalized spacial score (nSPS) is 32.8. The summed E-state index contributed by atoms with van der Waals surface area (Å²) in [4.78, 5) is 0. The Morgan fingerprint density at radius 1 is 1.46 bits per heavy atom. The smallest absolute Gasteiger partial charge is 0.0877 e. The summed E-state index contributed by atoms with van der Waals surface area (Å²) in [5.74, 6) is 0. The van der Waals surface area contributed by atoms with Crippen molar-refractivity contribution in [3.63, 3.8) is 0 Å². The molecule has 1 aliphatic rings. The SMILES string of the molecule is CC(C)OC1C(CO)SSC1(C)C. The number of hydrogen-bond acceptors (Lipinski definition) is 4. The van der Waals surface area contributed by atoms with Gasteiger partial charge in [-0.05, 0) is 27.7 Å². The van der Waals surface area contributed by atoms with E-state index in [9.17, 15) is 0 Å². The van der Waals surface area contributed by atoms with Crippen LogP contribution in [0.4, 0.5) is 0 Å². The summed E-state index contributed by atoms with van der Waals surface area (Å²) >= 11 is 0. The Morgan fingerprint density at radius 3 is 2.54 bits per heavy atom. The van der Waals surface area contributed by atoms with Crippen molar-refractivity contribution in [2.75, 3.05) is 6.61 Å². The Balaban J connectivity index is 2.63. The number of ether oxygens (including phenoxy) is 1. The van der Waals surface area contributed by atoms with Crippen LogP contribution in [0.1, 0.15) is 27.7 Å². The van der Waals surface area contributed by atoms with Crippen LogP contribution < -0.4 is 0 Å². The minimum atomic E-state index is 0.113. The van der Waals surface area contributed by atoms with E-state index in [1.54, 1.807) is 10.8 Å². The Bertz CT molecular complexity index is 171. The zero-order valence-corrected chi connectivity index (χ0v) is 10.2. The molecular formula is C9H18O2S2. The van der Waals surface area contributed by atoms with Crippen molar-refractivity contribution in [3.05, 3.63) is 0 Å². The predicted molar refractivity (Wildman–Crippen MR) is 60.1 cm³/mol. The maximum Gasteiger partial charge on any atom is 0.0877 e. The third-order valence-electron chi connectivity index (χ3n) is 2.01. The lowest BCUT2D eigenvalue weighted by atomic mass is 10.0. The van der Waals surface area contributed by atoms with E-state index in [-0.39, 0.29) is 28.8 Å². The van der Waals surface area contributed by atoms with Gasteiger partial charge >= 0.3 is 0 Å². The maximum atomic E-state index is 9.17. The third-order valence-corrected chi connectivity index (χ3v) is 5.73. The van der Waals surface area contributed by atoms with Crippen LogP contribution in [0.2, 0.25) is 0 Å². The molecule has 0 spiro atoms. The molecule has 0 aromatic carbocycles. The summed E-state index contributed by atoms with van der Waals surface area (Å²) in [5.41, 5.74) is 0. The summed E-state index contributed by atoms with van der Waals surface area (Å²) < 4.78 is 5.94. The largest absolute Gasteiger partial charge is 0.395 e. The molecule has 78 valence electrons. The molecule has 2 nitrogen and oxygen atoms in total. The summed E-state index contributed by atoms with van der Waals surface area (Å²) in [6.45, 7) is 8.63. The first kappa shape index (κ1) is 11.7. The topological polar surface area (TPSA) is 29.5 Å². The first-order valence-electron chi connectivity index (χ1n) is 4.58. The molecule has 0 amide bonds. The number of aliphatic hydroxyl groups excluding tert-OH is 1. The van der Waals surface area contributed by atoms with Gasteiger partial charge in [-0.25, -0.2) is 0 Å². The zero-order chi connectivity index (χ0) is 10.1. The lowest BCUT2D eigenvalue weighted by molar-refractivity contribution is -0.0142. The fraction of sp³-hybridized carbons (Fsp3) is 1.00. The van der Waals surface area contributed by atoms with Crippen LogP contribution >= 0.6 is 21.6 Å². The second kappa shape index (κ2) is 4.43. The Hall–Kier alpha value is 0.620. The van der Waals surface area contributed by atoms with Crippen LogP contribution in [0.5, 0.6) is 0 Å². The van der Waals surface area contributed by atoms with E-state index in [0.717, 1.165) is 0 Å². The maximum absolute atomic E-state index is 9.17. The van der Waals surface area contributed by atoms with Gasteiger partial charge in [-0.1, -0.05) is 21.6 Å². The van der Waals surface area contributed by atoms with E-state index in [0.29, 0.717) is 0 Å². The zero-order valence-electron chi connectivity index (χ0n) is 8.61. The van der Waals surface area contributed by atoms with Crippen molar-refractivity contribution in [3.8, 4) is 0 Å². The van der Waals surface area contributed by atoms with Gasteiger partial charge in [0.25, 0.3) is 0 Å². The van der Waals surface area contributed by atoms with Crippen molar-refractivity contribution in [1.29, 1.82) is 0 Å². The molecule has 0 bridgehead atoms. The molecule has 0 radical (unpaired) electrons. The van der Waals surface area contributed by atoms with Gasteiger partial charge in [0.2, 0.25) is 0 Å². The van der Waals surface area contributed by atoms with E-state index >= 15 is 0 Å². The minimum absolute atomic E-state index is 0.113. The average molecular weight is 222 g/mol. The average Bonchev–Trinajstić information content (AvgIpc) is 2.27. The van der Waals surface area contributed by atoms with Gasteiger partial charge < -0.3 is 9.84 Å². The molecule has 1 heterocycles. The molecular weight excluding hydrogens is 204 g/mol. The summed E-state index contributed by atoms with van der Waals surface area (Å²) in [5, 5.41) is 9.39. The van der Waals surface area contributed by atoms with Crippen LogP contribution in [0.25, 0.3) is 0 Å². The Kier molecular flexibility index (Phi) is 3.98. The van der Waals surface area contributed by atoms with Gasteiger partial charge in [-0.15, -0.1) is 0 Å². The van der Waals surface area contributed by atoms with Crippen LogP contribution in [0.3, 0.4) is 0 Å². The molecule has 1 fully saturated rings. The van der Waals surface area contributed by atoms with Gasteiger partial charge in [-0.3, -0.25) is 0 Å². The molecule has 1 rings (SSSR count). The van der Waals surface area contributed by atoms with E-state index in [1.165, 1.54) is 0 Å². The van der Waals surface area contributed by atoms with Crippen LogP contribution in [0.15, 0.2) is 0 Å². The highest BCUT2D eigenvalue weighted by molar-refractivity contribution is 8.77. The fourth-order valence-corrected chi connectivity index (χ4v) is 4.63. The standard InChI is InChI=1S/C9H18O2S2/c1-6(2)11-8-7(5-10)12-13-9(8,3)4/h6-8,10H,5H2,1-4H3. The van der Waals surface area contributed by atoms with Crippen LogP contribution in [-0.2, 0) is 4.74 Å². The molecule has 13 heavy (non-hydrogen) atoms. The molecule has 1 aliphatic heterocycles. The number of rotatable bonds is 3. The first-order valence-corrected chi connectivity index (χ1v) is 6.79. The number of aliphatic hydroxyl groups is 1. The minimum Gasteiger partial charge on any atom is -0.395 e. The molecule has 1 N–H and O–H groups in total. The van der Waals surface area contributed by atoms with E-state index < -0.39 is 0 Å². The Labute approximate surface area is 88.2 Å². The van der Waals surface area contributed by atoms with Gasteiger partial charge in [-0.2, -0.15) is 0 Å². The fourth-order valence-electron chi connectivity index (χ4n) is 1.40. The van der Waals surface area contributed by atoms with Gasteiger partial charge in [0.05, 0.1) is 24.1 Å². The van der Waals surface area contributed by atoms with E-state index in [4.69, 9.17) is 9.84 Å². The van der Waals surface area contributed by atoms with Crippen molar-refractivity contribution in [2.45, 2.75) is 49.9 Å². The van der Waals surface area contributed by atoms with Crippen LogP contribution in [-0.4, -0.2) is 33.9 Å². The van der Waals surface area contributed by atoms with Crippen molar-refractivity contribution >= 4 is 21.6 Å². The van der Waals surface area contributed by atoms with Crippen molar-refractivity contribution < 1.29 is 9.84 Å². The summed E-state index contributed by atoms with van der Waals surface area (Å²) in [6, 6.07) is 0.